The third-order valence-corrected chi connectivity index (χ3v) is 8.65. The second kappa shape index (κ2) is 9.70. The highest BCUT2D eigenvalue weighted by Crippen LogP contribution is 2.38. The Bertz CT molecular complexity index is 1060. The number of carbonyl (C=O) groups excluding carboxylic acids is 1. The Morgan fingerprint density at radius 3 is 2.18 bits per heavy atom. The summed E-state index contributed by atoms with van der Waals surface area (Å²) in [5, 5.41) is 9.18. The molecule has 1 aliphatic carbocycles. The van der Waals surface area contributed by atoms with Gasteiger partial charge in [-0.25, -0.2) is 28.3 Å². The molecular formula is C22H28FN5O4S. The highest BCUT2D eigenvalue weighted by molar-refractivity contribution is 7.89. The molecule has 178 valence electrons. The van der Waals surface area contributed by atoms with Gasteiger partial charge in [-0.15, -0.1) is 0 Å². The molecule has 1 aromatic heterocycles. The van der Waals surface area contributed by atoms with Gasteiger partial charge in [-0.1, -0.05) is 31.4 Å². The number of sulfonamides is 1. The van der Waals surface area contributed by atoms with E-state index in [1.54, 1.807) is 30.0 Å². The van der Waals surface area contributed by atoms with Gasteiger partial charge in [0.2, 0.25) is 16.0 Å². The summed E-state index contributed by atoms with van der Waals surface area (Å²) in [6.45, 7) is 1.38. The molecule has 0 unspecified atom stereocenters. The van der Waals surface area contributed by atoms with Gasteiger partial charge in [0.1, 0.15) is 5.82 Å². The molecule has 11 heteroatoms. The van der Waals surface area contributed by atoms with Crippen LogP contribution in [0.4, 0.5) is 10.3 Å². The first-order valence-corrected chi connectivity index (χ1v) is 12.7. The Kier molecular flexibility index (Phi) is 6.91. The quantitative estimate of drug-likeness (QED) is 0.484. The van der Waals surface area contributed by atoms with Crippen molar-refractivity contribution in [1.82, 2.24) is 19.8 Å². The molecule has 0 radical (unpaired) electrons. The lowest BCUT2D eigenvalue weighted by atomic mass is 9.75. The van der Waals surface area contributed by atoms with E-state index in [-0.39, 0.29) is 24.7 Å². The predicted molar refractivity (Wildman–Crippen MR) is 120 cm³/mol. The van der Waals surface area contributed by atoms with Crippen LogP contribution in [0.3, 0.4) is 0 Å². The SMILES string of the molecule is O=C(NO)C1(CS(=O)(=O)N2CCN(c3ncc(-c4ccc(F)cc4)cn3)CC2)CCCCC1. The van der Waals surface area contributed by atoms with Crippen LogP contribution in [0.5, 0.6) is 0 Å². The summed E-state index contributed by atoms with van der Waals surface area (Å²) in [5.41, 5.74) is 2.17. The van der Waals surface area contributed by atoms with Crippen LogP contribution >= 0.6 is 0 Å². The monoisotopic (exact) mass is 477 g/mol. The van der Waals surface area contributed by atoms with Crippen molar-refractivity contribution in [2.75, 3.05) is 36.8 Å². The highest BCUT2D eigenvalue weighted by atomic mass is 32.2. The molecule has 0 atom stereocenters. The number of hydroxylamine groups is 1. The Hall–Kier alpha value is -2.63. The second-order valence-electron chi connectivity index (χ2n) is 8.70. The predicted octanol–water partition coefficient (Wildman–Crippen LogP) is 2.19. The fraction of sp³-hybridized carbons (Fsp3) is 0.500. The summed E-state index contributed by atoms with van der Waals surface area (Å²) in [6, 6.07) is 6.08. The Balaban J connectivity index is 1.39. The average molecular weight is 478 g/mol. The van der Waals surface area contributed by atoms with Crippen LogP contribution in [-0.4, -0.2) is 65.7 Å². The average Bonchev–Trinajstić information content (AvgIpc) is 2.84. The zero-order chi connectivity index (χ0) is 23.5. The number of halogens is 1. The molecule has 1 aromatic carbocycles. The van der Waals surface area contributed by atoms with E-state index >= 15 is 0 Å². The minimum atomic E-state index is -3.69. The fourth-order valence-electron chi connectivity index (χ4n) is 4.67. The molecule has 2 fully saturated rings. The van der Waals surface area contributed by atoms with Crippen molar-refractivity contribution in [1.29, 1.82) is 0 Å². The number of piperazine rings is 1. The zero-order valence-corrected chi connectivity index (χ0v) is 19.1. The largest absolute Gasteiger partial charge is 0.338 e. The molecule has 1 saturated carbocycles. The van der Waals surface area contributed by atoms with Gasteiger partial charge in [0, 0.05) is 44.1 Å². The number of benzene rings is 1. The Labute approximate surface area is 192 Å². The summed E-state index contributed by atoms with van der Waals surface area (Å²) in [5.74, 6) is -0.717. The van der Waals surface area contributed by atoms with Crippen LogP contribution < -0.4 is 10.4 Å². The zero-order valence-electron chi connectivity index (χ0n) is 18.3. The maximum Gasteiger partial charge on any atom is 0.250 e. The molecule has 2 heterocycles. The number of rotatable bonds is 6. The van der Waals surface area contributed by atoms with Crippen molar-refractivity contribution in [3.05, 3.63) is 42.5 Å². The van der Waals surface area contributed by atoms with Crippen LogP contribution in [0.2, 0.25) is 0 Å². The smallest absolute Gasteiger partial charge is 0.250 e. The molecule has 1 amide bonds. The van der Waals surface area contributed by atoms with E-state index in [9.17, 15) is 22.8 Å². The van der Waals surface area contributed by atoms with Gasteiger partial charge < -0.3 is 4.90 Å². The first kappa shape index (κ1) is 23.5. The van der Waals surface area contributed by atoms with E-state index in [1.165, 1.54) is 16.4 Å². The van der Waals surface area contributed by atoms with Crippen molar-refractivity contribution in [3.63, 3.8) is 0 Å². The maximum absolute atomic E-state index is 13.1. The normalized spacial score (nSPS) is 19.3. The highest BCUT2D eigenvalue weighted by Gasteiger charge is 2.45. The van der Waals surface area contributed by atoms with Crippen LogP contribution in [0.15, 0.2) is 36.7 Å². The van der Waals surface area contributed by atoms with Gasteiger partial charge in [-0.3, -0.25) is 10.0 Å². The van der Waals surface area contributed by atoms with Gasteiger partial charge in [0.25, 0.3) is 5.91 Å². The third-order valence-electron chi connectivity index (χ3n) is 6.58. The van der Waals surface area contributed by atoms with Crippen molar-refractivity contribution in [2.24, 2.45) is 5.41 Å². The van der Waals surface area contributed by atoms with Crippen molar-refractivity contribution in [3.8, 4) is 11.1 Å². The number of nitrogens with zero attached hydrogens (tertiary/aromatic N) is 4. The minimum absolute atomic E-state index is 0.266. The Morgan fingerprint density at radius 1 is 1.00 bits per heavy atom. The van der Waals surface area contributed by atoms with E-state index in [0.717, 1.165) is 30.4 Å². The van der Waals surface area contributed by atoms with Crippen LogP contribution in [0, 0.1) is 11.2 Å². The fourth-order valence-corrected chi connectivity index (χ4v) is 6.69. The summed E-state index contributed by atoms with van der Waals surface area (Å²) >= 11 is 0. The summed E-state index contributed by atoms with van der Waals surface area (Å²) in [7, 11) is -3.69. The van der Waals surface area contributed by atoms with Gasteiger partial charge >= 0.3 is 0 Å². The van der Waals surface area contributed by atoms with Crippen molar-refractivity contribution < 1.29 is 22.8 Å². The first-order valence-electron chi connectivity index (χ1n) is 11.1. The van der Waals surface area contributed by atoms with E-state index in [2.05, 4.69) is 9.97 Å². The van der Waals surface area contributed by atoms with Crippen LogP contribution in [0.1, 0.15) is 32.1 Å². The molecule has 2 aliphatic rings. The van der Waals surface area contributed by atoms with E-state index in [0.29, 0.717) is 31.9 Å². The van der Waals surface area contributed by atoms with Crippen LogP contribution in [0.25, 0.3) is 11.1 Å². The number of hydrogen-bond donors (Lipinski definition) is 2. The third kappa shape index (κ3) is 5.15. The minimum Gasteiger partial charge on any atom is -0.338 e. The van der Waals surface area contributed by atoms with Crippen molar-refractivity contribution in [2.45, 2.75) is 32.1 Å². The number of amides is 1. The summed E-state index contributed by atoms with van der Waals surface area (Å²) in [6.07, 6.45) is 6.72. The standard InChI is InChI=1S/C22H28FN5O4S/c23-19-6-4-17(5-7-19)18-14-24-21(25-15-18)27-10-12-28(13-11-27)33(31,32)16-22(20(29)26-30)8-2-1-3-9-22/h4-7,14-15,30H,1-3,8-13,16H2,(H,26,29). The molecule has 2 N–H and O–H groups in total. The van der Waals surface area contributed by atoms with E-state index < -0.39 is 21.3 Å². The maximum atomic E-state index is 13.1. The summed E-state index contributed by atoms with van der Waals surface area (Å²) < 4.78 is 40.8. The topological polar surface area (TPSA) is 116 Å². The molecular weight excluding hydrogens is 449 g/mol. The van der Waals surface area contributed by atoms with Gasteiger partial charge in [-0.05, 0) is 30.5 Å². The molecule has 1 aliphatic heterocycles. The first-order chi connectivity index (χ1) is 15.8. The molecule has 9 nitrogen and oxygen atoms in total. The van der Waals surface area contributed by atoms with Gasteiger partial charge in [-0.2, -0.15) is 4.31 Å². The van der Waals surface area contributed by atoms with Crippen molar-refractivity contribution >= 4 is 21.9 Å². The summed E-state index contributed by atoms with van der Waals surface area (Å²) in [4.78, 5) is 23.1. The molecule has 4 rings (SSSR count). The lowest BCUT2D eigenvalue weighted by molar-refractivity contribution is -0.140. The molecule has 0 bridgehead atoms. The van der Waals surface area contributed by atoms with Crippen LogP contribution in [-0.2, 0) is 14.8 Å². The van der Waals surface area contributed by atoms with E-state index in [4.69, 9.17) is 0 Å². The molecule has 0 spiro atoms. The Morgan fingerprint density at radius 2 is 1.61 bits per heavy atom. The number of nitrogens with one attached hydrogen (secondary N) is 1. The van der Waals surface area contributed by atoms with Gasteiger partial charge in [0.15, 0.2) is 0 Å². The number of hydrogen-bond acceptors (Lipinski definition) is 7. The molecule has 2 aromatic rings. The molecule has 33 heavy (non-hydrogen) atoms. The van der Waals surface area contributed by atoms with E-state index in [1.807, 2.05) is 4.90 Å². The molecule has 1 saturated heterocycles. The number of anilines is 1. The number of carbonyl (C=O) groups is 1. The second-order valence-corrected chi connectivity index (χ2v) is 10.7. The number of aromatic nitrogens is 2. The van der Waals surface area contributed by atoms with Gasteiger partial charge in [0.05, 0.1) is 11.2 Å². The lowest BCUT2D eigenvalue weighted by Crippen LogP contribution is -2.53. The lowest BCUT2D eigenvalue weighted by Gasteiger charge is -2.38.